The second-order valence-electron chi connectivity index (χ2n) is 2.15. The van der Waals surface area contributed by atoms with Crippen molar-refractivity contribution in [2.24, 2.45) is 5.73 Å². The molecule has 0 spiro atoms. The van der Waals surface area contributed by atoms with Gasteiger partial charge in [-0.1, -0.05) is 0 Å². The van der Waals surface area contributed by atoms with Gasteiger partial charge in [0.1, 0.15) is 0 Å². The molecule has 0 aromatic rings. The van der Waals surface area contributed by atoms with Crippen LogP contribution < -0.4 is 5.73 Å². The third kappa shape index (κ3) is 4.14. The molecule has 0 radical (unpaired) electrons. The molecular formula is C6H15N3O. The summed E-state index contributed by atoms with van der Waals surface area (Å²) in [4.78, 5) is 1.68. The number of nitrogens with zero attached hydrogens (tertiary/aromatic N) is 1. The van der Waals surface area contributed by atoms with E-state index in [1.807, 2.05) is 0 Å². The quantitative estimate of drug-likeness (QED) is 0.328. The average Bonchev–Trinajstić information content (AvgIpc) is 1.88. The first-order valence-electron chi connectivity index (χ1n) is 3.22. The van der Waals surface area contributed by atoms with Crippen LogP contribution in [-0.2, 0) is 4.74 Å². The van der Waals surface area contributed by atoms with Gasteiger partial charge in [0.2, 0.25) is 0 Å². The molecule has 3 N–H and O–H groups in total. The lowest BCUT2D eigenvalue weighted by Gasteiger charge is -2.15. The van der Waals surface area contributed by atoms with Crippen molar-refractivity contribution in [1.82, 2.24) is 4.90 Å². The molecule has 0 saturated heterocycles. The largest absolute Gasteiger partial charge is 0.385 e. The molecular weight excluding hydrogens is 130 g/mol. The zero-order valence-electron chi connectivity index (χ0n) is 6.55. The van der Waals surface area contributed by atoms with Crippen LogP contribution in [0.15, 0.2) is 0 Å². The lowest BCUT2D eigenvalue weighted by molar-refractivity contribution is 0.188. The summed E-state index contributed by atoms with van der Waals surface area (Å²) in [6.07, 6.45) is 0.909. The van der Waals surface area contributed by atoms with Gasteiger partial charge in [-0.3, -0.25) is 5.41 Å². The minimum absolute atomic E-state index is 0.108. The van der Waals surface area contributed by atoms with Crippen LogP contribution >= 0.6 is 0 Å². The summed E-state index contributed by atoms with van der Waals surface area (Å²) in [6.45, 7) is 1.50. The maximum absolute atomic E-state index is 7.00. The normalized spacial score (nSPS) is 9.40. The molecule has 0 rings (SSSR count). The molecule has 0 aromatic heterocycles. The Labute approximate surface area is 61.5 Å². The Morgan fingerprint density at radius 1 is 1.70 bits per heavy atom. The van der Waals surface area contributed by atoms with Gasteiger partial charge in [0, 0.05) is 27.3 Å². The zero-order valence-corrected chi connectivity index (χ0v) is 6.55. The maximum atomic E-state index is 7.00. The third-order valence-electron chi connectivity index (χ3n) is 1.25. The van der Waals surface area contributed by atoms with Crippen molar-refractivity contribution < 1.29 is 4.74 Å². The molecule has 0 unspecified atom stereocenters. The molecule has 0 amide bonds. The van der Waals surface area contributed by atoms with Gasteiger partial charge < -0.3 is 15.4 Å². The Hall–Kier alpha value is -0.770. The Kier molecular flexibility index (Phi) is 4.66. The van der Waals surface area contributed by atoms with Crippen LogP contribution in [0.2, 0.25) is 0 Å². The molecule has 0 bridgehead atoms. The van der Waals surface area contributed by atoms with Gasteiger partial charge in [-0.15, -0.1) is 0 Å². The van der Waals surface area contributed by atoms with Crippen molar-refractivity contribution in [2.75, 3.05) is 27.3 Å². The van der Waals surface area contributed by atoms with Crippen LogP contribution in [0.1, 0.15) is 6.42 Å². The number of ether oxygens (including phenoxy) is 1. The average molecular weight is 145 g/mol. The van der Waals surface area contributed by atoms with Crippen LogP contribution in [0, 0.1) is 5.41 Å². The zero-order chi connectivity index (χ0) is 7.98. The number of rotatable bonds is 4. The lowest BCUT2D eigenvalue weighted by atomic mass is 10.4. The molecule has 0 aliphatic carbocycles. The number of hydrogen-bond acceptors (Lipinski definition) is 2. The fraction of sp³-hybridized carbons (Fsp3) is 0.833. The summed E-state index contributed by atoms with van der Waals surface area (Å²) in [5, 5.41) is 7.00. The molecule has 10 heavy (non-hydrogen) atoms. The van der Waals surface area contributed by atoms with Crippen molar-refractivity contribution in [3.8, 4) is 0 Å². The van der Waals surface area contributed by atoms with E-state index in [4.69, 9.17) is 15.9 Å². The summed E-state index contributed by atoms with van der Waals surface area (Å²) in [5.41, 5.74) is 5.19. The van der Waals surface area contributed by atoms with Crippen LogP contribution in [-0.4, -0.2) is 38.2 Å². The standard InChI is InChI=1S/C6H15N3O/c1-9(6(7)8)4-3-5-10-2/h3-5H2,1-2H3,(H3,7,8). The van der Waals surface area contributed by atoms with Gasteiger partial charge in [0.15, 0.2) is 5.96 Å². The highest BCUT2D eigenvalue weighted by Crippen LogP contribution is 1.85. The van der Waals surface area contributed by atoms with E-state index in [1.165, 1.54) is 0 Å². The fourth-order valence-electron chi connectivity index (χ4n) is 0.567. The van der Waals surface area contributed by atoms with Gasteiger partial charge in [0.05, 0.1) is 0 Å². The van der Waals surface area contributed by atoms with Crippen molar-refractivity contribution in [3.63, 3.8) is 0 Å². The highest BCUT2D eigenvalue weighted by atomic mass is 16.5. The van der Waals surface area contributed by atoms with Crippen molar-refractivity contribution in [1.29, 1.82) is 5.41 Å². The third-order valence-corrected chi connectivity index (χ3v) is 1.25. The van der Waals surface area contributed by atoms with Crippen LogP contribution in [0.3, 0.4) is 0 Å². The van der Waals surface area contributed by atoms with E-state index in [1.54, 1.807) is 19.1 Å². The summed E-state index contributed by atoms with van der Waals surface area (Å²) in [5.74, 6) is 0.108. The minimum atomic E-state index is 0.108. The Balaban J connectivity index is 3.21. The van der Waals surface area contributed by atoms with Gasteiger partial charge in [-0.2, -0.15) is 0 Å². The minimum Gasteiger partial charge on any atom is -0.385 e. The Morgan fingerprint density at radius 3 is 2.70 bits per heavy atom. The van der Waals surface area contributed by atoms with E-state index in [0.29, 0.717) is 0 Å². The summed E-state index contributed by atoms with van der Waals surface area (Å²) >= 11 is 0. The number of guanidine groups is 1. The van der Waals surface area contributed by atoms with Gasteiger partial charge in [0.25, 0.3) is 0 Å². The lowest BCUT2D eigenvalue weighted by Crippen LogP contribution is -2.33. The molecule has 0 saturated carbocycles. The molecule has 0 aliphatic heterocycles. The van der Waals surface area contributed by atoms with Crippen LogP contribution in [0.25, 0.3) is 0 Å². The second kappa shape index (κ2) is 5.05. The molecule has 4 heteroatoms. The first-order valence-corrected chi connectivity index (χ1v) is 3.22. The summed E-state index contributed by atoms with van der Waals surface area (Å²) in [7, 11) is 3.45. The van der Waals surface area contributed by atoms with Crippen LogP contribution in [0.5, 0.6) is 0 Å². The first kappa shape index (κ1) is 9.23. The van der Waals surface area contributed by atoms with Crippen LogP contribution in [0.4, 0.5) is 0 Å². The molecule has 0 atom stereocenters. The highest BCUT2D eigenvalue weighted by Gasteiger charge is 1.96. The van der Waals surface area contributed by atoms with Gasteiger partial charge >= 0.3 is 0 Å². The number of nitrogens with two attached hydrogens (primary N) is 1. The van der Waals surface area contributed by atoms with E-state index < -0.39 is 0 Å². The predicted octanol–water partition coefficient (Wildman–Crippen LogP) is -0.152. The molecule has 0 heterocycles. The number of hydrogen-bond donors (Lipinski definition) is 2. The monoisotopic (exact) mass is 145 g/mol. The summed E-state index contributed by atoms with van der Waals surface area (Å²) in [6, 6.07) is 0. The van der Waals surface area contributed by atoms with E-state index in [2.05, 4.69) is 0 Å². The van der Waals surface area contributed by atoms with E-state index >= 15 is 0 Å². The number of nitrogens with one attached hydrogen (secondary N) is 1. The van der Waals surface area contributed by atoms with E-state index in [0.717, 1.165) is 19.6 Å². The van der Waals surface area contributed by atoms with Crippen molar-refractivity contribution in [2.45, 2.75) is 6.42 Å². The molecule has 0 fully saturated rings. The van der Waals surface area contributed by atoms with E-state index in [-0.39, 0.29) is 5.96 Å². The Morgan fingerprint density at radius 2 is 2.30 bits per heavy atom. The highest BCUT2D eigenvalue weighted by molar-refractivity contribution is 5.74. The van der Waals surface area contributed by atoms with Gasteiger partial charge in [-0.05, 0) is 6.42 Å². The number of methoxy groups -OCH3 is 1. The first-order chi connectivity index (χ1) is 4.68. The van der Waals surface area contributed by atoms with E-state index in [9.17, 15) is 0 Å². The molecule has 0 aromatic carbocycles. The molecule has 0 aliphatic rings. The van der Waals surface area contributed by atoms with Crippen molar-refractivity contribution in [3.05, 3.63) is 0 Å². The molecule has 60 valence electrons. The smallest absolute Gasteiger partial charge is 0.188 e. The van der Waals surface area contributed by atoms with Crippen molar-refractivity contribution >= 4 is 5.96 Å². The summed E-state index contributed by atoms with van der Waals surface area (Å²) < 4.78 is 4.83. The predicted molar refractivity (Wildman–Crippen MR) is 41.0 cm³/mol. The van der Waals surface area contributed by atoms with Gasteiger partial charge in [-0.25, -0.2) is 0 Å². The topological polar surface area (TPSA) is 62.3 Å². The maximum Gasteiger partial charge on any atom is 0.188 e. The SMILES string of the molecule is COCCCN(C)C(=N)N. The molecule has 4 nitrogen and oxygen atoms in total. The fourth-order valence-corrected chi connectivity index (χ4v) is 0.567. The second-order valence-corrected chi connectivity index (χ2v) is 2.15. The Bertz CT molecular complexity index is 105.